The third-order valence-corrected chi connectivity index (χ3v) is 5.18. The summed E-state index contributed by atoms with van der Waals surface area (Å²) < 4.78 is 5.66. The van der Waals surface area contributed by atoms with E-state index >= 15 is 0 Å². The molecule has 4 rings (SSSR count). The van der Waals surface area contributed by atoms with Crippen molar-refractivity contribution in [2.24, 2.45) is 0 Å². The third-order valence-electron chi connectivity index (χ3n) is 5.18. The van der Waals surface area contributed by atoms with Gasteiger partial charge in [0.05, 0.1) is 17.3 Å². The highest BCUT2D eigenvalue weighted by molar-refractivity contribution is 6.04. The molecule has 4 aromatic rings. The lowest BCUT2D eigenvalue weighted by Gasteiger charge is -2.16. The van der Waals surface area contributed by atoms with E-state index in [0.29, 0.717) is 17.0 Å². The quantitative estimate of drug-likeness (QED) is 0.420. The van der Waals surface area contributed by atoms with Gasteiger partial charge in [0.2, 0.25) is 0 Å². The SMILES string of the molecule is CC(NC(=O)c1ccccc1NC(=O)COc1ccc2ccccc2c1)c1ccccc1. The Balaban J connectivity index is 1.39. The summed E-state index contributed by atoms with van der Waals surface area (Å²) in [4.78, 5) is 25.3. The molecular formula is C27H24N2O3. The number of carbonyl (C=O) groups excluding carboxylic acids is 2. The monoisotopic (exact) mass is 424 g/mol. The highest BCUT2D eigenvalue weighted by Gasteiger charge is 2.16. The van der Waals surface area contributed by atoms with Crippen molar-refractivity contribution >= 4 is 28.3 Å². The van der Waals surface area contributed by atoms with Gasteiger partial charge in [0.25, 0.3) is 11.8 Å². The second kappa shape index (κ2) is 9.79. The van der Waals surface area contributed by atoms with Crippen molar-refractivity contribution in [3.8, 4) is 5.75 Å². The highest BCUT2D eigenvalue weighted by atomic mass is 16.5. The van der Waals surface area contributed by atoms with Gasteiger partial charge in [0.15, 0.2) is 6.61 Å². The molecule has 0 aliphatic heterocycles. The summed E-state index contributed by atoms with van der Waals surface area (Å²) >= 11 is 0. The fourth-order valence-electron chi connectivity index (χ4n) is 3.48. The lowest BCUT2D eigenvalue weighted by molar-refractivity contribution is -0.118. The Morgan fingerprint density at radius 2 is 1.50 bits per heavy atom. The molecule has 2 N–H and O–H groups in total. The van der Waals surface area contributed by atoms with Crippen LogP contribution in [-0.4, -0.2) is 18.4 Å². The maximum atomic E-state index is 12.8. The van der Waals surface area contributed by atoms with Gasteiger partial charge >= 0.3 is 0 Å². The number of ether oxygens (including phenoxy) is 1. The number of fused-ring (bicyclic) bond motifs is 1. The minimum Gasteiger partial charge on any atom is -0.484 e. The average Bonchev–Trinajstić information content (AvgIpc) is 2.83. The predicted molar refractivity (Wildman–Crippen MR) is 127 cm³/mol. The van der Waals surface area contributed by atoms with E-state index < -0.39 is 0 Å². The molecule has 0 spiro atoms. The number of carbonyl (C=O) groups is 2. The zero-order valence-corrected chi connectivity index (χ0v) is 17.7. The van der Waals surface area contributed by atoms with E-state index in [0.717, 1.165) is 16.3 Å². The first-order valence-electron chi connectivity index (χ1n) is 10.5. The molecule has 0 aliphatic carbocycles. The van der Waals surface area contributed by atoms with Gasteiger partial charge in [-0.1, -0.05) is 72.8 Å². The highest BCUT2D eigenvalue weighted by Crippen LogP contribution is 2.21. The largest absolute Gasteiger partial charge is 0.484 e. The van der Waals surface area contributed by atoms with E-state index in [-0.39, 0.29) is 24.5 Å². The number of rotatable bonds is 7. The van der Waals surface area contributed by atoms with Gasteiger partial charge in [-0.2, -0.15) is 0 Å². The van der Waals surface area contributed by atoms with Crippen LogP contribution in [0.15, 0.2) is 97.1 Å². The predicted octanol–water partition coefficient (Wildman–Crippen LogP) is 5.35. The van der Waals surface area contributed by atoms with Crippen molar-refractivity contribution in [1.29, 1.82) is 0 Å². The van der Waals surface area contributed by atoms with Gasteiger partial charge in [-0.05, 0) is 47.5 Å². The standard InChI is InChI=1S/C27H24N2O3/c1-19(20-9-3-2-4-10-20)28-27(31)24-13-7-8-14-25(24)29-26(30)18-32-23-16-15-21-11-5-6-12-22(21)17-23/h2-17,19H,18H2,1H3,(H,28,31)(H,29,30). The van der Waals surface area contributed by atoms with Crippen LogP contribution in [0.25, 0.3) is 10.8 Å². The minimum atomic E-state index is -0.338. The summed E-state index contributed by atoms with van der Waals surface area (Å²) in [5.74, 6) is 0.0174. The summed E-state index contributed by atoms with van der Waals surface area (Å²) in [5.41, 5.74) is 1.85. The Morgan fingerprint density at radius 3 is 2.31 bits per heavy atom. The maximum absolute atomic E-state index is 12.8. The molecule has 0 radical (unpaired) electrons. The van der Waals surface area contributed by atoms with E-state index in [1.54, 1.807) is 24.3 Å². The molecule has 5 nitrogen and oxygen atoms in total. The number of hydrogen-bond donors (Lipinski definition) is 2. The van der Waals surface area contributed by atoms with Gasteiger partial charge in [-0.25, -0.2) is 0 Å². The van der Waals surface area contributed by atoms with Crippen LogP contribution in [0, 0.1) is 0 Å². The van der Waals surface area contributed by atoms with Crippen LogP contribution >= 0.6 is 0 Å². The minimum absolute atomic E-state index is 0.158. The second-order valence-corrected chi connectivity index (χ2v) is 7.50. The fraction of sp³-hybridized carbons (Fsp3) is 0.111. The molecular weight excluding hydrogens is 400 g/mol. The number of para-hydroxylation sites is 1. The zero-order valence-electron chi connectivity index (χ0n) is 17.7. The number of benzene rings is 4. The van der Waals surface area contributed by atoms with Gasteiger partial charge < -0.3 is 15.4 Å². The zero-order chi connectivity index (χ0) is 22.3. The number of amides is 2. The molecule has 1 unspecified atom stereocenters. The first-order chi connectivity index (χ1) is 15.6. The molecule has 2 amide bonds. The molecule has 0 bridgehead atoms. The normalized spacial score (nSPS) is 11.5. The molecule has 0 saturated carbocycles. The Morgan fingerprint density at radius 1 is 0.812 bits per heavy atom. The smallest absolute Gasteiger partial charge is 0.262 e. The van der Waals surface area contributed by atoms with E-state index in [1.807, 2.05) is 79.7 Å². The summed E-state index contributed by atoms with van der Waals surface area (Å²) in [7, 11) is 0. The Kier molecular flexibility index (Phi) is 6.46. The summed E-state index contributed by atoms with van der Waals surface area (Å²) in [6.07, 6.45) is 0. The Hall–Kier alpha value is -4.12. The van der Waals surface area contributed by atoms with Crippen LogP contribution in [0.4, 0.5) is 5.69 Å². The lowest BCUT2D eigenvalue weighted by Crippen LogP contribution is -2.28. The van der Waals surface area contributed by atoms with Crippen LogP contribution in [0.2, 0.25) is 0 Å². The summed E-state index contributed by atoms with van der Waals surface area (Å²) in [6.45, 7) is 1.76. The van der Waals surface area contributed by atoms with Gasteiger partial charge in [-0.15, -0.1) is 0 Å². The van der Waals surface area contributed by atoms with Gasteiger partial charge in [-0.3, -0.25) is 9.59 Å². The van der Waals surface area contributed by atoms with Crippen LogP contribution in [0.1, 0.15) is 28.9 Å². The second-order valence-electron chi connectivity index (χ2n) is 7.50. The van der Waals surface area contributed by atoms with Crippen LogP contribution in [0.5, 0.6) is 5.75 Å². The van der Waals surface area contributed by atoms with Crippen molar-refractivity contribution in [3.63, 3.8) is 0 Å². The molecule has 4 aromatic carbocycles. The number of anilines is 1. The molecule has 0 fully saturated rings. The Labute approximate surface area is 187 Å². The van der Waals surface area contributed by atoms with Crippen LogP contribution < -0.4 is 15.4 Å². The van der Waals surface area contributed by atoms with Gasteiger partial charge in [0, 0.05) is 0 Å². The molecule has 1 atom stereocenters. The summed E-state index contributed by atoms with van der Waals surface area (Å²) in [5, 5.41) is 7.91. The number of hydrogen-bond acceptors (Lipinski definition) is 3. The Bertz CT molecular complexity index is 1240. The van der Waals surface area contributed by atoms with E-state index in [4.69, 9.17) is 4.74 Å². The van der Waals surface area contributed by atoms with E-state index in [9.17, 15) is 9.59 Å². The molecule has 32 heavy (non-hydrogen) atoms. The topological polar surface area (TPSA) is 67.4 Å². The number of nitrogens with one attached hydrogen (secondary N) is 2. The molecule has 0 saturated heterocycles. The van der Waals surface area contributed by atoms with Gasteiger partial charge in [0.1, 0.15) is 5.75 Å². The van der Waals surface area contributed by atoms with E-state index in [2.05, 4.69) is 10.6 Å². The van der Waals surface area contributed by atoms with Crippen LogP contribution in [0.3, 0.4) is 0 Å². The molecule has 0 aliphatic rings. The third kappa shape index (κ3) is 5.13. The maximum Gasteiger partial charge on any atom is 0.262 e. The molecule has 160 valence electrons. The average molecular weight is 425 g/mol. The first kappa shape index (κ1) is 21.1. The van der Waals surface area contributed by atoms with Crippen molar-refractivity contribution in [3.05, 3.63) is 108 Å². The van der Waals surface area contributed by atoms with Crippen molar-refractivity contribution in [1.82, 2.24) is 5.32 Å². The molecule has 5 heteroatoms. The molecule has 0 aromatic heterocycles. The summed E-state index contributed by atoms with van der Waals surface area (Å²) in [6, 6.07) is 30.1. The van der Waals surface area contributed by atoms with Crippen molar-refractivity contribution in [2.75, 3.05) is 11.9 Å². The van der Waals surface area contributed by atoms with Crippen molar-refractivity contribution in [2.45, 2.75) is 13.0 Å². The lowest BCUT2D eigenvalue weighted by atomic mass is 10.1. The first-order valence-corrected chi connectivity index (χ1v) is 10.5. The van der Waals surface area contributed by atoms with E-state index in [1.165, 1.54) is 0 Å². The fourth-order valence-corrected chi connectivity index (χ4v) is 3.48. The van der Waals surface area contributed by atoms with Crippen LogP contribution in [-0.2, 0) is 4.79 Å². The van der Waals surface area contributed by atoms with Crippen molar-refractivity contribution < 1.29 is 14.3 Å². The molecule has 0 heterocycles.